The quantitative estimate of drug-likeness (QED) is 0.156. The van der Waals surface area contributed by atoms with E-state index in [-0.39, 0.29) is 5.41 Å². The van der Waals surface area contributed by atoms with Crippen molar-refractivity contribution in [3.63, 3.8) is 0 Å². The zero-order chi connectivity index (χ0) is 32.1. The Morgan fingerprint density at radius 3 is 1.22 bits per heavy atom. The van der Waals surface area contributed by atoms with Crippen LogP contribution in [0.5, 0.6) is 0 Å². The zero-order valence-corrected chi connectivity index (χ0v) is 29.4. The Morgan fingerprint density at radius 1 is 0.449 bits per heavy atom. The fourth-order valence-electron chi connectivity index (χ4n) is 13.9. The smallest absolute Gasteiger partial charge is 0.0621 e. The van der Waals surface area contributed by atoms with Crippen LogP contribution in [-0.4, -0.2) is 4.40 Å². The number of aromatic nitrogens is 1. The number of fused-ring (bicyclic) bond motifs is 10. The summed E-state index contributed by atoms with van der Waals surface area (Å²) in [4.78, 5) is 0. The minimum absolute atomic E-state index is 0.0708. The lowest BCUT2D eigenvalue weighted by Crippen LogP contribution is -2.25. The second-order valence-corrected chi connectivity index (χ2v) is 19.4. The molecule has 4 saturated carbocycles. The highest BCUT2D eigenvalue weighted by atomic mass is 14.9. The monoisotopic (exact) mass is 637 g/mol. The van der Waals surface area contributed by atoms with Crippen LogP contribution in [-0.2, 0) is 5.41 Å². The van der Waals surface area contributed by atoms with E-state index in [0.29, 0.717) is 0 Å². The summed E-state index contributed by atoms with van der Waals surface area (Å²) in [7, 11) is 0. The van der Waals surface area contributed by atoms with Crippen molar-refractivity contribution in [1.82, 2.24) is 4.40 Å². The summed E-state index contributed by atoms with van der Waals surface area (Å²) in [5.74, 6) is 6.91. The molecule has 0 amide bonds. The maximum absolute atomic E-state index is 2.72. The van der Waals surface area contributed by atoms with Crippen LogP contribution in [0.15, 0.2) is 60.7 Å². The molecule has 0 saturated heterocycles. The Kier molecular flexibility index (Phi) is 4.89. The Hall–Kier alpha value is -3.58. The SMILES string of the molecule is CC(C)(C)c1cc2c3c4cc5c(cc4ccc3n3c4ccc6cc7c(cc6c4c(c1)c23)C1CC2CC(CC7C2)C1)C1CC2CC(C1)CC5C2. The molecule has 8 aliphatic carbocycles. The molecule has 49 heavy (non-hydrogen) atoms. The van der Waals surface area contributed by atoms with Gasteiger partial charge in [0.1, 0.15) is 0 Å². The van der Waals surface area contributed by atoms with Gasteiger partial charge in [-0.05, 0) is 203 Å². The molecule has 7 aromatic rings. The lowest BCUT2D eigenvalue weighted by atomic mass is 9.67. The molecule has 4 fully saturated rings. The largest absolute Gasteiger partial charge is 0.308 e. The van der Waals surface area contributed by atoms with Crippen molar-refractivity contribution in [1.29, 1.82) is 0 Å². The van der Waals surface area contributed by atoms with Gasteiger partial charge in [0, 0.05) is 21.5 Å². The highest BCUT2D eigenvalue weighted by Gasteiger charge is 2.43. The normalized spacial score (nSPS) is 31.6. The van der Waals surface area contributed by atoms with E-state index in [4.69, 9.17) is 0 Å². The fourth-order valence-corrected chi connectivity index (χ4v) is 13.9. The van der Waals surface area contributed by atoms with Crippen molar-refractivity contribution < 1.29 is 0 Å². The summed E-state index contributed by atoms with van der Waals surface area (Å²) in [5, 5.41) is 11.8. The van der Waals surface area contributed by atoms with Gasteiger partial charge in [-0.3, -0.25) is 0 Å². The van der Waals surface area contributed by atoms with Gasteiger partial charge >= 0.3 is 0 Å². The molecule has 4 atom stereocenters. The molecule has 2 heterocycles. The molecule has 0 radical (unpaired) electrons. The van der Waals surface area contributed by atoms with Crippen LogP contribution in [0.1, 0.15) is 136 Å². The van der Waals surface area contributed by atoms with Gasteiger partial charge in [0.15, 0.2) is 0 Å². The van der Waals surface area contributed by atoms with Crippen molar-refractivity contribution >= 4 is 59.6 Å². The molecule has 4 unspecified atom stereocenters. The first-order valence-electron chi connectivity index (χ1n) is 20.0. The summed E-state index contributed by atoms with van der Waals surface area (Å²) < 4.78 is 2.68. The molecule has 5 aromatic carbocycles. The van der Waals surface area contributed by atoms with Crippen LogP contribution < -0.4 is 0 Å². The molecule has 0 N–H and O–H groups in total. The van der Waals surface area contributed by atoms with E-state index in [1.54, 1.807) is 22.3 Å². The topological polar surface area (TPSA) is 4.41 Å². The molecule has 0 aliphatic heterocycles. The van der Waals surface area contributed by atoms with Gasteiger partial charge < -0.3 is 4.40 Å². The Labute approximate surface area is 289 Å². The second-order valence-electron chi connectivity index (χ2n) is 19.4. The Morgan fingerprint density at radius 2 is 0.837 bits per heavy atom. The highest BCUT2D eigenvalue weighted by molar-refractivity contribution is 6.32. The first-order chi connectivity index (χ1) is 23.8. The summed E-state index contributed by atoms with van der Waals surface area (Å²) in [5.41, 5.74) is 12.6. The van der Waals surface area contributed by atoms with Gasteiger partial charge in [0.2, 0.25) is 0 Å². The molecule has 244 valence electrons. The predicted molar refractivity (Wildman–Crippen MR) is 206 cm³/mol. The van der Waals surface area contributed by atoms with Crippen molar-refractivity contribution in [2.24, 2.45) is 23.7 Å². The van der Waals surface area contributed by atoms with Gasteiger partial charge in [-0.25, -0.2) is 0 Å². The molecular weight excluding hydrogens is 591 g/mol. The Balaban J connectivity index is 1.14. The van der Waals surface area contributed by atoms with Crippen LogP contribution in [0.2, 0.25) is 0 Å². The van der Waals surface area contributed by atoms with E-state index < -0.39 is 0 Å². The number of hydrogen-bond donors (Lipinski definition) is 0. The van der Waals surface area contributed by atoms with Crippen molar-refractivity contribution in [3.05, 3.63) is 88.5 Å². The summed E-state index contributed by atoms with van der Waals surface area (Å²) in [6, 6.07) is 25.9. The van der Waals surface area contributed by atoms with Gasteiger partial charge in [0.05, 0.1) is 16.6 Å². The number of rotatable bonds is 0. The van der Waals surface area contributed by atoms with E-state index in [0.717, 1.165) is 47.3 Å². The van der Waals surface area contributed by atoms with E-state index in [1.807, 2.05) is 0 Å². The molecule has 2 aromatic heterocycles. The predicted octanol–water partition coefficient (Wildman–Crippen LogP) is 13.2. The van der Waals surface area contributed by atoms with E-state index >= 15 is 0 Å². The fraction of sp³-hybridized carbons (Fsp3) is 0.458. The van der Waals surface area contributed by atoms with E-state index in [1.165, 1.54) is 129 Å². The minimum atomic E-state index is 0.0708. The molecule has 0 spiro atoms. The van der Waals surface area contributed by atoms with Crippen LogP contribution in [0, 0.1) is 23.7 Å². The molecule has 8 bridgehead atoms. The second kappa shape index (κ2) is 8.82. The number of nitrogens with zero attached hydrogens (tertiary/aromatic N) is 1. The first-order valence-corrected chi connectivity index (χ1v) is 20.0. The summed E-state index contributed by atoms with van der Waals surface area (Å²) in [6.45, 7) is 7.23. The van der Waals surface area contributed by atoms with Crippen molar-refractivity contribution in [2.45, 2.75) is 114 Å². The lowest BCUT2D eigenvalue weighted by molar-refractivity contribution is 0.165. The molecule has 1 nitrogen and oxygen atoms in total. The van der Waals surface area contributed by atoms with Gasteiger partial charge in [-0.1, -0.05) is 45.0 Å². The number of hydrogen-bond acceptors (Lipinski definition) is 0. The van der Waals surface area contributed by atoms with E-state index in [2.05, 4.69) is 85.8 Å². The molecule has 15 rings (SSSR count). The third-order valence-corrected chi connectivity index (χ3v) is 15.7. The van der Waals surface area contributed by atoms with Gasteiger partial charge in [0.25, 0.3) is 0 Å². The number of benzene rings is 5. The van der Waals surface area contributed by atoms with Gasteiger partial charge in [-0.15, -0.1) is 0 Å². The van der Waals surface area contributed by atoms with Crippen LogP contribution in [0.25, 0.3) is 59.6 Å². The molecule has 8 aliphatic rings. The Bertz CT molecular complexity index is 2410. The summed E-state index contributed by atoms with van der Waals surface area (Å²) >= 11 is 0. The average Bonchev–Trinajstić information content (AvgIpc) is 3.48. The standard InChI is InChI=1S/C48H47N/c1-48(2,3)34-20-41-45-39-22-37-32-14-24-8-25(15-32)11-30(10-24)35(37)18-28(39)4-6-43(45)49-44-7-5-29-19-36-31-12-26-9-27(13-31)17-33(16-26)38(36)23-40(29)46(44)42(21-34)47(41)49/h4-7,18-27,30-33H,8-17H2,1-3H3. The van der Waals surface area contributed by atoms with Crippen molar-refractivity contribution in [2.75, 3.05) is 0 Å². The van der Waals surface area contributed by atoms with Crippen LogP contribution in [0.4, 0.5) is 0 Å². The lowest BCUT2D eigenvalue weighted by Gasteiger charge is -2.38. The first kappa shape index (κ1) is 27.2. The zero-order valence-electron chi connectivity index (χ0n) is 29.4. The maximum Gasteiger partial charge on any atom is 0.0621 e. The molecular formula is C48H47N. The van der Waals surface area contributed by atoms with Crippen LogP contribution in [0.3, 0.4) is 0 Å². The van der Waals surface area contributed by atoms with Gasteiger partial charge in [-0.2, -0.15) is 0 Å². The average molecular weight is 638 g/mol. The maximum atomic E-state index is 2.72. The van der Waals surface area contributed by atoms with E-state index in [9.17, 15) is 0 Å². The third-order valence-electron chi connectivity index (χ3n) is 15.7. The van der Waals surface area contributed by atoms with Crippen LogP contribution >= 0.6 is 0 Å². The summed E-state index contributed by atoms with van der Waals surface area (Å²) in [6.07, 6.45) is 14.4. The minimum Gasteiger partial charge on any atom is -0.308 e. The molecule has 1 heteroatoms. The third kappa shape index (κ3) is 3.44. The van der Waals surface area contributed by atoms with Crippen molar-refractivity contribution in [3.8, 4) is 0 Å². The highest BCUT2D eigenvalue weighted by Crippen LogP contribution is 2.59.